The third-order valence-corrected chi connectivity index (χ3v) is 3.31. The normalized spacial score (nSPS) is 17.6. The lowest BCUT2D eigenvalue weighted by Crippen LogP contribution is -2.28. The molecule has 0 radical (unpaired) electrons. The molecule has 0 atom stereocenters. The van der Waals surface area contributed by atoms with Crippen LogP contribution in [0, 0.1) is 0 Å². The fourth-order valence-corrected chi connectivity index (χ4v) is 2.01. The molecule has 96 valence electrons. The van der Waals surface area contributed by atoms with Gasteiger partial charge >= 0.3 is 0 Å². The minimum Gasteiger partial charge on any atom is -0.369 e. The van der Waals surface area contributed by atoms with Gasteiger partial charge in [-0.05, 0) is 30.9 Å². The molecule has 0 bridgehead atoms. The number of hydrogen-bond acceptors (Lipinski definition) is 2. The zero-order valence-electron chi connectivity index (χ0n) is 10.3. The second-order valence-corrected chi connectivity index (χ2v) is 4.55. The Hall–Kier alpha value is -1.91. The number of carbonyl (C=O) groups is 1. The molecule has 4 nitrogen and oxygen atoms in total. The standard InChI is InChI=1S/C13H16FN3O/c1-3-9(6-8(2)14)11-16-7-10(17-11)13(4-5-13)12(15)18/h6-7H,2-5H2,1H3,(H2,15,18)(H,16,17)/b9-6+. The number of aromatic amines is 1. The Kier molecular flexibility index (Phi) is 3.07. The number of carbonyl (C=O) groups excluding carboxylic acids is 1. The van der Waals surface area contributed by atoms with Crippen molar-refractivity contribution in [3.05, 3.63) is 36.2 Å². The number of aromatic nitrogens is 2. The van der Waals surface area contributed by atoms with E-state index in [1.165, 1.54) is 6.08 Å². The first-order chi connectivity index (χ1) is 8.49. The van der Waals surface area contributed by atoms with Gasteiger partial charge in [-0.3, -0.25) is 4.79 Å². The van der Waals surface area contributed by atoms with Gasteiger partial charge in [0.2, 0.25) is 5.91 Å². The topological polar surface area (TPSA) is 71.8 Å². The van der Waals surface area contributed by atoms with Crippen LogP contribution in [0.2, 0.25) is 0 Å². The summed E-state index contributed by atoms with van der Waals surface area (Å²) in [5, 5.41) is 0. The van der Waals surface area contributed by atoms with E-state index in [4.69, 9.17) is 5.73 Å². The molecule has 5 heteroatoms. The Morgan fingerprint density at radius 3 is 2.83 bits per heavy atom. The van der Waals surface area contributed by atoms with Gasteiger partial charge in [0.25, 0.3) is 0 Å². The lowest BCUT2D eigenvalue weighted by atomic mass is 10.0. The van der Waals surface area contributed by atoms with Crippen LogP contribution in [0.4, 0.5) is 4.39 Å². The summed E-state index contributed by atoms with van der Waals surface area (Å²) in [6.07, 6.45) is 5.10. The van der Waals surface area contributed by atoms with Crippen LogP contribution in [0.1, 0.15) is 37.7 Å². The van der Waals surface area contributed by atoms with Gasteiger partial charge in [-0.25, -0.2) is 9.37 Å². The van der Waals surface area contributed by atoms with Gasteiger partial charge in [-0.1, -0.05) is 13.5 Å². The fraction of sp³-hybridized carbons (Fsp3) is 0.385. The third-order valence-electron chi connectivity index (χ3n) is 3.31. The van der Waals surface area contributed by atoms with Crippen LogP contribution >= 0.6 is 0 Å². The quantitative estimate of drug-likeness (QED) is 0.785. The van der Waals surface area contributed by atoms with E-state index in [0.29, 0.717) is 23.5 Å². The van der Waals surface area contributed by atoms with Gasteiger partial charge in [-0.15, -0.1) is 0 Å². The number of nitrogens with two attached hydrogens (primary N) is 1. The Labute approximate surface area is 105 Å². The van der Waals surface area contributed by atoms with E-state index >= 15 is 0 Å². The number of allylic oxidation sites excluding steroid dienone is 3. The molecule has 1 aliphatic rings. The molecular formula is C13H16FN3O. The van der Waals surface area contributed by atoms with Gasteiger partial charge in [0.1, 0.15) is 11.7 Å². The summed E-state index contributed by atoms with van der Waals surface area (Å²) in [4.78, 5) is 18.7. The van der Waals surface area contributed by atoms with E-state index in [1.54, 1.807) is 6.20 Å². The highest BCUT2D eigenvalue weighted by Crippen LogP contribution is 2.47. The Bertz CT molecular complexity index is 526. The zero-order valence-corrected chi connectivity index (χ0v) is 10.3. The van der Waals surface area contributed by atoms with Gasteiger partial charge in [0.05, 0.1) is 11.1 Å². The lowest BCUT2D eigenvalue weighted by molar-refractivity contribution is -0.120. The number of amides is 1. The highest BCUT2D eigenvalue weighted by molar-refractivity contribution is 5.89. The van der Waals surface area contributed by atoms with E-state index in [9.17, 15) is 9.18 Å². The molecule has 1 aliphatic carbocycles. The molecule has 0 saturated heterocycles. The number of hydrogen-bond donors (Lipinski definition) is 2. The van der Waals surface area contributed by atoms with Crippen LogP contribution in [0.25, 0.3) is 5.57 Å². The number of halogens is 1. The third kappa shape index (κ3) is 2.08. The Morgan fingerprint density at radius 2 is 2.39 bits per heavy atom. The summed E-state index contributed by atoms with van der Waals surface area (Å²) in [6, 6.07) is 0. The van der Waals surface area contributed by atoms with Gasteiger partial charge in [-0.2, -0.15) is 0 Å². The molecule has 0 spiro atoms. The second-order valence-electron chi connectivity index (χ2n) is 4.55. The summed E-state index contributed by atoms with van der Waals surface area (Å²) in [7, 11) is 0. The van der Waals surface area contributed by atoms with E-state index in [0.717, 1.165) is 12.8 Å². The maximum absolute atomic E-state index is 12.8. The van der Waals surface area contributed by atoms with Crippen molar-refractivity contribution < 1.29 is 9.18 Å². The number of nitrogens with zero attached hydrogens (tertiary/aromatic N) is 1. The molecule has 2 rings (SSSR count). The van der Waals surface area contributed by atoms with Crippen molar-refractivity contribution in [2.75, 3.05) is 0 Å². The number of rotatable bonds is 5. The molecule has 18 heavy (non-hydrogen) atoms. The lowest BCUT2D eigenvalue weighted by Gasteiger charge is -2.05. The fourth-order valence-electron chi connectivity index (χ4n) is 2.01. The maximum atomic E-state index is 12.8. The zero-order chi connectivity index (χ0) is 13.3. The predicted molar refractivity (Wildman–Crippen MR) is 67.2 cm³/mol. The minimum absolute atomic E-state index is 0.350. The van der Waals surface area contributed by atoms with Crippen molar-refractivity contribution in [2.24, 2.45) is 5.73 Å². The predicted octanol–water partition coefficient (Wildman–Crippen LogP) is 2.20. The van der Waals surface area contributed by atoms with E-state index in [2.05, 4.69) is 16.5 Å². The highest BCUT2D eigenvalue weighted by Gasteiger charge is 2.51. The van der Waals surface area contributed by atoms with Crippen molar-refractivity contribution in [3.63, 3.8) is 0 Å². The van der Waals surface area contributed by atoms with Crippen molar-refractivity contribution >= 4 is 11.5 Å². The van der Waals surface area contributed by atoms with Crippen LogP contribution in [-0.4, -0.2) is 15.9 Å². The first kappa shape index (κ1) is 12.5. The summed E-state index contributed by atoms with van der Waals surface area (Å²) in [6.45, 7) is 5.11. The molecular weight excluding hydrogens is 233 g/mol. The molecule has 0 aliphatic heterocycles. The van der Waals surface area contributed by atoms with Crippen molar-refractivity contribution in [3.8, 4) is 0 Å². The average Bonchev–Trinajstić information content (AvgIpc) is 2.98. The molecule has 1 aromatic rings. The Balaban J connectivity index is 2.31. The smallest absolute Gasteiger partial charge is 0.229 e. The first-order valence-electron chi connectivity index (χ1n) is 5.91. The number of nitrogens with one attached hydrogen (secondary N) is 1. The molecule has 1 fully saturated rings. The van der Waals surface area contributed by atoms with Crippen molar-refractivity contribution in [1.82, 2.24) is 9.97 Å². The molecule has 0 unspecified atom stereocenters. The first-order valence-corrected chi connectivity index (χ1v) is 5.91. The maximum Gasteiger partial charge on any atom is 0.229 e. The number of imidazole rings is 1. The SMILES string of the molecule is C=C(F)/C=C(\CC)c1nc(C2(C(N)=O)CC2)c[nH]1. The number of H-pyrrole nitrogens is 1. The van der Waals surface area contributed by atoms with Crippen LogP contribution in [0.15, 0.2) is 24.7 Å². The largest absolute Gasteiger partial charge is 0.369 e. The summed E-state index contributed by atoms with van der Waals surface area (Å²) in [5.41, 5.74) is 6.13. The Morgan fingerprint density at radius 1 is 1.72 bits per heavy atom. The van der Waals surface area contributed by atoms with Crippen LogP contribution in [0.3, 0.4) is 0 Å². The van der Waals surface area contributed by atoms with Crippen LogP contribution in [-0.2, 0) is 10.2 Å². The summed E-state index contributed by atoms with van der Waals surface area (Å²) in [5.74, 6) is -0.294. The highest BCUT2D eigenvalue weighted by atomic mass is 19.1. The van der Waals surface area contributed by atoms with Crippen molar-refractivity contribution in [2.45, 2.75) is 31.6 Å². The second kappa shape index (κ2) is 4.40. The van der Waals surface area contributed by atoms with E-state index < -0.39 is 11.2 Å². The van der Waals surface area contributed by atoms with Gasteiger partial charge < -0.3 is 10.7 Å². The molecule has 1 saturated carbocycles. The minimum atomic E-state index is -0.611. The number of primary amides is 1. The molecule has 1 heterocycles. The van der Waals surface area contributed by atoms with Crippen LogP contribution in [0.5, 0.6) is 0 Å². The monoisotopic (exact) mass is 249 g/mol. The molecule has 0 aromatic carbocycles. The van der Waals surface area contributed by atoms with Crippen molar-refractivity contribution in [1.29, 1.82) is 0 Å². The molecule has 1 aromatic heterocycles. The van der Waals surface area contributed by atoms with Gasteiger partial charge in [0.15, 0.2) is 0 Å². The summed E-state index contributed by atoms with van der Waals surface area (Å²) >= 11 is 0. The van der Waals surface area contributed by atoms with E-state index in [1.807, 2.05) is 6.92 Å². The van der Waals surface area contributed by atoms with Crippen LogP contribution < -0.4 is 5.73 Å². The molecule has 3 N–H and O–H groups in total. The molecule has 1 amide bonds. The average molecular weight is 249 g/mol. The van der Waals surface area contributed by atoms with Gasteiger partial charge in [0, 0.05) is 6.20 Å². The van der Waals surface area contributed by atoms with E-state index in [-0.39, 0.29) is 5.91 Å². The summed E-state index contributed by atoms with van der Waals surface area (Å²) < 4.78 is 12.8.